The lowest BCUT2D eigenvalue weighted by atomic mass is 10.4. The van der Waals surface area contributed by atoms with Gasteiger partial charge in [-0.2, -0.15) is 0 Å². The van der Waals surface area contributed by atoms with Crippen LogP contribution in [0.3, 0.4) is 0 Å². The van der Waals surface area contributed by atoms with Crippen molar-refractivity contribution in [3.05, 3.63) is 0 Å². The molecule has 0 rings (SSSR count). The Morgan fingerprint density at radius 3 is 1.83 bits per heavy atom. The van der Waals surface area contributed by atoms with Crippen LogP contribution in [0.25, 0.3) is 0 Å². The molecule has 0 radical (unpaired) electrons. The Hall–Kier alpha value is -0.480. The maximum absolute atomic E-state index is 10.8. The highest BCUT2D eigenvalue weighted by molar-refractivity contribution is 6.31. The number of aliphatic carboxylic acids is 1. The molecule has 0 heterocycles. The van der Waals surface area contributed by atoms with Crippen LogP contribution in [-0.4, -0.2) is 46.7 Å². The lowest BCUT2D eigenvalue weighted by molar-refractivity contribution is -0.155. The molecule has 0 unspecified atom stereocenters. The van der Waals surface area contributed by atoms with E-state index in [4.69, 9.17) is 28.3 Å². The minimum Gasteiger partial charge on any atom is -0.474 e. The number of nitrogens with zero attached hydrogens (tertiary/aromatic N) is 1. The Bertz CT molecular complexity index is 168. The lowest BCUT2D eigenvalue weighted by Gasteiger charge is -2.17. The number of carbonyl (C=O) groups excluding carboxylic acids is 1. The van der Waals surface area contributed by atoms with Crippen LogP contribution in [-0.2, 0) is 9.59 Å². The maximum Gasteiger partial charge on any atom is 0.394 e. The van der Waals surface area contributed by atoms with Gasteiger partial charge in [-0.05, 0) is 0 Å². The van der Waals surface area contributed by atoms with Crippen molar-refractivity contribution in [1.82, 2.24) is 4.90 Å². The van der Waals surface area contributed by atoms with Crippen LogP contribution in [0.1, 0.15) is 0 Å². The lowest BCUT2D eigenvalue weighted by Crippen LogP contribution is -2.39. The van der Waals surface area contributed by atoms with Crippen molar-refractivity contribution in [1.29, 1.82) is 0 Å². The highest BCUT2D eigenvalue weighted by Gasteiger charge is 2.19. The number of hydrogen-bond donors (Lipinski definition) is 1. The highest BCUT2D eigenvalue weighted by atomic mass is 35.5. The van der Waals surface area contributed by atoms with Gasteiger partial charge in [0, 0.05) is 24.8 Å². The third-order valence-electron chi connectivity index (χ3n) is 1.18. The van der Waals surface area contributed by atoms with E-state index in [1.54, 1.807) is 0 Å². The molecular weight excluding hydrogens is 205 g/mol. The Morgan fingerprint density at radius 2 is 1.58 bits per heavy atom. The number of carboxylic acid groups (broad SMARTS) is 1. The van der Waals surface area contributed by atoms with E-state index in [9.17, 15) is 9.59 Å². The van der Waals surface area contributed by atoms with Gasteiger partial charge in [0.2, 0.25) is 0 Å². The quantitative estimate of drug-likeness (QED) is 0.543. The second kappa shape index (κ2) is 6.08. The molecule has 0 aromatic rings. The van der Waals surface area contributed by atoms with E-state index in [-0.39, 0.29) is 24.8 Å². The molecule has 4 nitrogen and oxygen atoms in total. The molecule has 1 N–H and O–H groups in total. The molecule has 70 valence electrons. The number of hydrogen-bond acceptors (Lipinski definition) is 2. The van der Waals surface area contributed by atoms with Gasteiger partial charge in [0.1, 0.15) is 0 Å². The fraction of sp³-hybridized carbons (Fsp3) is 0.667. The van der Waals surface area contributed by atoms with Gasteiger partial charge in [0.15, 0.2) is 0 Å². The van der Waals surface area contributed by atoms with Crippen LogP contribution in [0.5, 0.6) is 0 Å². The van der Waals surface area contributed by atoms with Crippen molar-refractivity contribution in [2.24, 2.45) is 0 Å². The average Bonchev–Trinajstić information content (AvgIpc) is 2.03. The van der Waals surface area contributed by atoms with Crippen LogP contribution in [0.15, 0.2) is 0 Å². The Morgan fingerprint density at radius 1 is 1.17 bits per heavy atom. The van der Waals surface area contributed by atoms with Crippen LogP contribution < -0.4 is 0 Å². The van der Waals surface area contributed by atoms with Crippen molar-refractivity contribution in [3.8, 4) is 0 Å². The smallest absolute Gasteiger partial charge is 0.394 e. The standard InChI is InChI=1S/C6H9Cl2NO3/c7-1-3-9(4-2-8)5(10)6(11)12/h1-4H2,(H,11,12). The second-order valence-corrected chi connectivity index (χ2v) is 2.73. The van der Waals surface area contributed by atoms with Gasteiger partial charge >= 0.3 is 11.9 Å². The zero-order valence-corrected chi connectivity index (χ0v) is 7.81. The molecule has 0 aromatic carbocycles. The minimum absolute atomic E-state index is 0.204. The molecule has 0 bridgehead atoms. The first kappa shape index (κ1) is 11.5. The molecule has 0 aliphatic rings. The third-order valence-corrected chi connectivity index (χ3v) is 1.52. The maximum atomic E-state index is 10.8. The molecule has 0 aliphatic heterocycles. The first-order valence-electron chi connectivity index (χ1n) is 3.27. The van der Waals surface area contributed by atoms with Crippen molar-refractivity contribution in [2.45, 2.75) is 0 Å². The second-order valence-electron chi connectivity index (χ2n) is 1.98. The average molecular weight is 214 g/mol. The molecule has 0 saturated heterocycles. The molecule has 0 saturated carbocycles. The van der Waals surface area contributed by atoms with Crippen LogP contribution in [0.2, 0.25) is 0 Å². The number of carbonyl (C=O) groups is 2. The minimum atomic E-state index is -1.48. The van der Waals surface area contributed by atoms with E-state index >= 15 is 0 Å². The normalized spacial score (nSPS) is 9.50. The first-order valence-corrected chi connectivity index (χ1v) is 4.34. The fourth-order valence-corrected chi connectivity index (χ4v) is 1.06. The fourth-order valence-electron chi connectivity index (χ4n) is 0.654. The predicted octanol–water partition coefficient (Wildman–Crippen LogP) is 0.377. The van der Waals surface area contributed by atoms with Crippen LogP contribution in [0, 0.1) is 0 Å². The van der Waals surface area contributed by atoms with E-state index in [0.717, 1.165) is 4.90 Å². The molecule has 0 atom stereocenters. The molecule has 12 heavy (non-hydrogen) atoms. The van der Waals surface area contributed by atoms with Gasteiger partial charge in [0.05, 0.1) is 0 Å². The van der Waals surface area contributed by atoms with Gasteiger partial charge < -0.3 is 10.0 Å². The molecule has 0 aromatic heterocycles. The molecule has 0 aliphatic carbocycles. The summed E-state index contributed by atoms with van der Waals surface area (Å²) >= 11 is 10.7. The van der Waals surface area contributed by atoms with E-state index in [1.165, 1.54) is 0 Å². The summed E-state index contributed by atoms with van der Waals surface area (Å²) in [5, 5.41) is 8.33. The summed E-state index contributed by atoms with van der Waals surface area (Å²) in [7, 11) is 0. The molecule has 1 amide bonds. The van der Waals surface area contributed by atoms with Gasteiger partial charge in [-0.1, -0.05) is 0 Å². The largest absolute Gasteiger partial charge is 0.474 e. The van der Waals surface area contributed by atoms with Crippen molar-refractivity contribution < 1.29 is 14.7 Å². The number of rotatable bonds is 4. The predicted molar refractivity (Wildman–Crippen MR) is 45.7 cm³/mol. The number of alkyl halides is 2. The summed E-state index contributed by atoms with van der Waals surface area (Å²) in [6.45, 7) is 0.415. The molecular formula is C6H9Cl2NO3. The first-order chi connectivity index (χ1) is 5.63. The van der Waals surface area contributed by atoms with Gasteiger partial charge in [0.25, 0.3) is 0 Å². The highest BCUT2D eigenvalue weighted by Crippen LogP contribution is 1.93. The SMILES string of the molecule is O=C(O)C(=O)N(CCCl)CCCl. The van der Waals surface area contributed by atoms with Crippen molar-refractivity contribution >= 4 is 35.1 Å². The van der Waals surface area contributed by atoms with Crippen molar-refractivity contribution in [2.75, 3.05) is 24.8 Å². The summed E-state index contributed by atoms with van der Waals surface area (Å²) < 4.78 is 0. The Balaban J connectivity index is 4.08. The van der Waals surface area contributed by atoms with Crippen LogP contribution >= 0.6 is 23.2 Å². The number of halogens is 2. The van der Waals surface area contributed by atoms with Crippen LogP contribution in [0.4, 0.5) is 0 Å². The summed E-state index contributed by atoms with van der Waals surface area (Å²) in [5.74, 6) is -2.03. The molecule has 6 heteroatoms. The van der Waals surface area contributed by atoms with Gasteiger partial charge in [-0.25, -0.2) is 4.79 Å². The number of carboxylic acids is 1. The summed E-state index contributed by atoms with van der Waals surface area (Å²) in [6.07, 6.45) is 0. The zero-order chi connectivity index (χ0) is 9.56. The number of amides is 1. The third kappa shape index (κ3) is 3.78. The van der Waals surface area contributed by atoms with Gasteiger partial charge in [-0.15, -0.1) is 23.2 Å². The Kier molecular flexibility index (Phi) is 5.84. The van der Waals surface area contributed by atoms with E-state index in [1.807, 2.05) is 0 Å². The monoisotopic (exact) mass is 213 g/mol. The topological polar surface area (TPSA) is 57.6 Å². The van der Waals surface area contributed by atoms with E-state index in [0.29, 0.717) is 0 Å². The summed E-state index contributed by atoms with van der Waals surface area (Å²) in [4.78, 5) is 22.1. The van der Waals surface area contributed by atoms with E-state index < -0.39 is 11.9 Å². The summed E-state index contributed by atoms with van der Waals surface area (Å²) in [6, 6.07) is 0. The summed E-state index contributed by atoms with van der Waals surface area (Å²) in [5.41, 5.74) is 0. The zero-order valence-electron chi connectivity index (χ0n) is 6.30. The Labute approximate surface area is 80.0 Å². The molecule has 0 fully saturated rings. The van der Waals surface area contributed by atoms with E-state index in [2.05, 4.69) is 0 Å². The van der Waals surface area contributed by atoms with Gasteiger partial charge in [-0.3, -0.25) is 4.79 Å². The van der Waals surface area contributed by atoms with Crippen molar-refractivity contribution in [3.63, 3.8) is 0 Å². The molecule has 0 spiro atoms.